The largest absolute Gasteiger partial charge is 0.328 e. The van der Waals surface area contributed by atoms with E-state index in [1.54, 1.807) is 6.21 Å². The molecule has 4 rings (SSSR count). The number of hydrogen-bond acceptors (Lipinski definition) is 5. The fraction of sp³-hybridized carbons (Fsp3) is 0.370. The zero-order valence-electron chi connectivity index (χ0n) is 19.2. The summed E-state index contributed by atoms with van der Waals surface area (Å²) in [5.74, 6) is 3.22. The van der Waals surface area contributed by atoms with Crippen LogP contribution in [-0.2, 0) is 6.54 Å². The Kier molecular flexibility index (Phi) is 7.12. The molecule has 164 valence electrons. The van der Waals surface area contributed by atoms with E-state index in [1.165, 1.54) is 42.7 Å². The van der Waals surface area contributed by atoms with Crippen molar-refractivity contribution in [2.75, 3.05) is 31.6 Å². The number of aliphatic imine (C=N–C) groups is 1. The van der Waals surface area contributed by atoms with Crippen molar-refractivity contribution in [1.82, 2.24) is 15.5 Å². The first-order chi connectivity index (χ1) is 15.6. The van der Waals surface area contributed by atoms with Gasteiger partial charge in [-0.1, -0.05) is 23.6 Å². The van der Waals surface area contributed by atoms with Crippen molar-refractivity contribution >= 4 is 18.0 Å². The summed E-state index contributed by atoms with van der Waals surface area (Å²) in [5, 5.41) is 6.89. The van der Waals surface area contributed by atoms with Crippen molar-refractivity contribution in [3.63, 3.8) is 0 Å². The molecule has 0 unspecified atom stereocenters. The molecule has 32 heavy (non-hydrogen) atoms. The van der Waals surface area contributed by atoms with Gasteiger partial charge in [0.05, 0.1) is 23.3 Å². The lowest BCUT2D eigenvalue weighted by molar-refractivity contribution is 0.234. The molecule has 0 radical (unpaired) electrons. The number of rotatable bonds is 5. The van der Waals surface area contributed by atoms with Gasteiger partial charge in [-0.05, 0) is 82.6 Å². The van der Waals surface area contributed by atoms with Gasteiger partial charge in [0, 0.05) is 30.7 Å². The molecule has 0 bridgehead atoms. The SMILES string of the molecule is CCN1C(C#CNC2=CC=C=C(C)N=C2)=C=Cc2c(CNC3CCN(C)CC3)cccc21. The van der Waals surface area contributed by atoms with Gasteiger partial charge >= 0.3 is 0 Å². The van der Waals surface area contributed by atoms with E-state index in [1.807, 2.05) is 19.1 Å². The summed E-state index contributed by atoms with van der Waals surface area (Å²) >= 11 is 0. The Balaban J connectivity index is 1.48. The van der Waals surface area contributed by atoms with E-state index in [2.05, 4.69) is 87.1 Å². The van der Waals surface area contributed by atoms with E-state index in [4.69, 9.17) is 0 Å². The van der Waals surface area contributed by atoms with Crippen molar-refractivity contribution in [3.8, 4) is 12.0 Å². The molecule has 2 N–H and O–H groups in total. The summed E-state index contributed by atoms with van der Waals surface area (Å²) < 4.78 is 0. The highest BCUT2D eigenvalue weighted by Crippen LogP contribution is 2.31. The Bertz CT molecular complexity index is 1110. The maximum atomic E-state index is 4.30. The van der Waals surface area contributed by atoms with Gasteiger partial charge < -0.3 is 20.4 Å². The van der Waals surface area contributed by atoms with Gasteiger partial charge in [-0.15, -0.1) is 0 Å². The maximum absolute atomic E-state index is 4.30. The van der Waals surface area contributed by atoms with Crippen molar-refractivity contribution in [1.29, 1.82) is 0 Å². The molecule has 3 aliphatic heterocycles. The van der Waals surface area contributed by atoms with E-state index in [0.717, 1.165) is 30.2 Å². The van der Waals surface area contributed by atoms with Crippen LogP contribution in [0.25, 0.3) is 6.08 Å². The summed E-state index contributed by atoms with van der Waals surface area (Å²) in [5.41, 5.74) is 12.8. The minimum atomic E-state index is 0.593. The van der Waals surface area contributed by atoms with E-state index >= 15 is 0 Å². The van der Waals surface area contributed by atoms with Crippen LogP contribution in [0.5, 0.6) is 0 Å². The van der Waals surface area contributed by atoms with Gasteiger partial charge in [0.25, 0.3) is 0 Å². The zero-order valence-corrected chi connectivity index (χ0v) is 19.2. The number of benzene rings is 1. The lowest BCUT2D eigenvalue weighted by atomic mass is 10.00. The van der Waals surface area contributed by atoms with Crippen LogP contribution in [0.15, 0.2) is 63.9 Å². The molecule has 5 heteroatoms. The Morgan fingerprint density at radius 1 is 1.22 bits per heavy atom. The molecule has 1 aromatic rings. The maximum Gasteiger partial charge on any atom is 0.138 e. The number of allylic oxidation sites excluding steroid dienone is 4. The fourth-order valence-electron chi connectivity index (χ4n) is 4.13. The predicted molar refractivity (Wildman–Crippen MR) is 133 cm³/mol. The Labute approximate surface area is 191 Å². The van der Waals surface area contributed by atoms with Gasteiger partial charge in [-0.25, -0.2) is 0 Å². The molecule has 1 saturated heterocycles. The molecule has 0 aliphatic carbocycles. The topological polar surface area (TPSA) is 42.9 Å². The quantitative estimate of drug-likeness (QED) is 0.428. The van der Waals surface area contributed by atoms with Crippen LogP contribution in [-0.4, -0.2) is 43.8 Å². The van der Waals surface area contributed by atoms with Crippen LogP contribution >= 0.6 is 0 Å². The van der Waals surface area contributed by atoms with E-state index in [-0.39, 0.29) is 0 Å². The number of nitrogens with one attached hydrogen (secondary N) is 2. The second-order valence-corrected chi connectivity index (χ2v) is 8.34. The molecule has 5 nitrogen and oxygen atoms in total. The van der Waals surface area contributed by atoms with Crippen molar-refractivity contribution in [2.24, 2.45) is 4.99 Å². The Hall–Kier alpha value is -3.25. The summed E-state index contributed by atoms with van der Waals surface area (Å²) in [6, 6.07) is 10.2. The van der Waals surface area contributed by atoms with Crippen LogP contribution in [0.4, 0.5) is 5.69 Å². The number of piperidine rings is 1. The third-order valence-electron chi connectivity index (χ3n) is 6.04. The van der Waals surface area contributed by atoms with Gasteiger partial charge in [0.2, 0.25) is 0 Å². The zero-order chi connectivity index (χ0) is 22.3. The predicted octanol–water partition coefficient (Wildman–Crippen LogP) is 3.78. The van der Waals surface area contributed by atoms with E-state index in [0.29, 0.717) is 6.04 Å². The fourth-order valence-corrected chi connectivity index (χ4v) is 4.13. The minimum Gasteiger partial charge on any atom is -0.328 e. The molecule has 0 spiro atoms. The minimum absolute atomic E-state index is 0.593. The summed E-state index contributed by atoms with van der Waals surface area (Å²) in [6.45, 7) is 8.12. The molecule has 3 heterocycles. The van der Waals surface area contributed by atoms with Crippen LogP contribution in [0.1, 0.15) is 37.8 Å². The van der Waals surface area contributed by atoms with Crippen LogP contribution in [0, 0.1) is 12.0 Å². The number of fused-ring (bicyclic) bond motifs is 1. The molecular weight excluding hydrogens is 394 g/mol. The van der Waals surface area contributed by atoms with Gasteiger partial charge in [0.1, 0.15) is 5.70 Å². The second kappa shape index (κ2) is 10.4. The molecule has 1 fully saturated rings. The first kappa shape index (κ1) is 22.0. The number of anilines is 1. The molecule has 0 amide bonds. The highest BCUT2D eigenvalue weighted by atomic mass is 15.1. The molecule has 0 aromatic heterocycles. The van der Waals surface area contributed by atoms with Crippen LogP contribution < -0.4 is 15.5 Å². The summed E-state index contributed by atoms with van der Waals surface area (Å²) in [7, 11) is 2.20. The molecule has 1 aromatic carbocycles. The lowest BCUT2D eigenvalue weighted by Gasteiger charge is -2.30. The number of likely N-dealkylation sites (tertiary alicyclic amines) is 1. The highest BCUT2D eigenvalue weighted by molar-refractivity contribution is 5.80. The Morgan fingerprint density at radius 2 is 2.06 bits per heavy atom. The highest BCUT2D eigenvalue weighted by Gasteiger charge is 2.19. The lowest BCUT2D eigenvalue weighted by Crippen LogP contribution is -2.40. The molecular formula is C27H31N5. The first-order valence-corrected chi connectivity index (χ1v) is 11.4. The molecule has 3 aliphatic rings. The average Bonchev–Trinajstić information content (AvgIpc) is 3.02. The normalized spacial score (nSPS) is 18.2. The van der Waals surface area contributed by atoms with E-state index in [9.17, 15) is 0 Å². The van der Waals surface area contributed by atoms with Crippen LogP contribution in [0.2, 0.25) is 0 Å². The monoisotopic (exact) mass is 425 g/mol. The van der Waals surface area contributed by atoms with Crippen molar-refractivity contribution < 1.29 is 0 Å². The van der Waals surface area contributed by atoms with Crippen molar-refractivity contribution in [3.05, 3.63) is 70.0 Å². The van der Waals surface area contributed by atoms with E-state index < -0.39 is 0 Å². The van der Waals surface area contributed by atoms with Gasteiger partial charge in [0.15, 0.2) is 0 Å². The van der Waals surface area contributed by atoms with Crippen LogP contribution in [0.3, 0.4) is 0 Å². The third kappa shape index (κ3) is 5.32. The first-order valence-electron chi connectivity index (χ1n) is 11.4. The number of hydrogen-bond donors (Lipinski definition) is 2. The summed E-state index contributed by atoms with van der Waals surface area (Å²) in [4.78, 5) is 8.93. The van der Waals surface area contributed by atoms with Crippen molar-refractivity contribution in [2.45, 2.75) is 39.3 Å². The second-order valence-electron chi connectivity index (χ2n) is 8.34. The number of nitrogens with zero attached hydrogens (tertiary/aromatic N) is 3. The Morgan fingerprint density at radius 3 is 2.88 bits per heavy atom. The molecule has 0 saturated carbocycles. The smallest absolute Gasteiger partial charge is 0.138 e. The summed E-state index contributed by atoms with van der Waals surface area (Å²) in [6.07, 6.45) is 10.0. The molecule has 0 atom stereocenters. The standard InChI is InChI=1S/C27H31N5/c1-4-32-25(13-16-28-24-9-5-7-21(2)29-20-24)11-12-26-22(8-6-10-27(26)32)19-30-23-14-17-31(3)18-15-23/h5-6,8-10,12,20,23,28,30H,4,14-15,17-19H2,1-3H3. The third-order valence-corrected chi connectivity index (χ3v) is 6.04. The average molecular weight is 426 g/mol. The van der Waals surface area contributed by atoms with Gasteiger partial charge in [-0.2, -0.15) is 0 Å². The van der Waals surface area contributed by atoms with Gasteiger partial charge in [-0.3, -0.25) is 4.99 Å².